The number of ether oxygens (including phenoxy) is 2. The number of thiocarbonyl (C=S) groups is 1. The molecular formula is C23H31FN4O5S. The molecule has 2 heterocycles. The molecular weight excluding hydrogens is 463 g/mol. The molecule has 1 N–H and O–H groups in total. The number of carbonyl (C=O) groups is 3. The maximum Gasteiger partial charge on any atom is 0.414 e. The first kappa shape index (κ1) is 25.7. The summed E-state index contributed by atoms with van der Waals surface area (Å²) in [6.45, 7) is 7.51. The predicted octanol–water partition coefficient (Wildman–Crippen LogP) is 2.33. The van der Waals surface area contributed by atoms with Gasteiger partial charge >= 0.3 is 12.1 Å². The first-order valence-electron chi connectivity index (χ1n) is 11.3. The Balaban J connectivity index is 1.54. The SMILES string of the molecule is CC(=O)OCC(=O)N1CCN(c2ccc(N3CC(CNC(=S)CC(C)C)OC3=O)cc2F)CC1. The highest BCUT2D eigenvalue weighted by Gasteiger charge is 2.33. The van der Waals surface area contributed by atoms with Crippen LogP contribution in [0.5, 0.6) is 0 Å². The summed E-state index contributed by atoms with van der Waals surface area (Å²) in [6.07, 6.45) is -0.132. The van der Waals surface area contributed by atoms with Crippen molar-refractivity contribution in [2.45, 2.75) is 33.3 Å². The van der Waals surface area contributed by atoms with Crippen molar-refractivity contribution in [1.82, 2.24) is 10.2 Å². The summed E-state index contributed by atoms with van der Waals surface area (Å²) in [5.74, 6) is -0.793. The van der Waals surface area contributed by atoms with Gasteiger partial charge < -0.3 is 24.6 Å². The van der Waals surface area contributed by atoms with Crippen LogP contribution in [-0.2, 0) is 19.1 Å². The fourth-order valence-electron chi connectivity index (χ4n) is 3.88. The van der Waals surface area contributed by atoms with Gasteiger partial charge in [0.2, 0.25) is 0 Å². The van der Waals surface area contributed by atoms with Crippen LogP contribution in [0.3, 0.4) is 0 Å². The Morgan fingerprint density at radius 2 is 1.97 bits per heavy atom. The second kappa shape index (κ2) is 11.5. The van der Waals surface area contributed by atoms with E-state index < -0.39 is 17.9 Å². The number of halogens is 1. The Morgan fingerprint density at radius 3 is 2.59 bits per heavy atom. The summed E-state index contributed by atoms with van der Waals surface area (Å²) < 4.78 is 25.1. The molecule has 186 valence electrons. The van der Waals surface area contributed by atoms with Gasteiger partial charge in [0, 0.05) is 39.5 Å². The number of piperazine rings is 1. The van der Waals surface area contributed by atoms with Crippen molar-refractivity contribution in [2.75, 3.05) is 55.7 Å². The van der Waals surface area contributed by atoms with Gasteiger partial charge in [0.1, 0.15) is 11.9 Å². The normalized spacial score (nSPS) is 18.2. The quantitative estimate of drug-likeness (QED) is 0.435. The van der Waals surface area contributed by atoms with Gasteiger partial charge in [-0.3, -0.25) is 14.5 Å². The van der Waals surface area contributed by atoms with Crippen molar-refractivity contribution >= 4 is 46.6 Å². The van der Waals surface area contributed by atoms with Crippen LogP contribution in [0.15, 0.2) is 18.2 Å². The lowest BCUT2D eigenvalue weighted by Gasteiger charge is -2.36. The zero-order chi connectivity index (χ0) is 24.8. The molecule has 34 heavy (non-hydrogen) atoms. The van der Waals surface area contributed by atoms with Crippen LogP contribution in [0.2, 0.25) is 0 Å². The lowest BCUT2D eigenvalue weighted by molar-refractivity contribution is -0.150. The summed E-state index contributed by atoms with van der Waals surface area (Å²) in [7, 11) is 0. The molecule has 0 saturated carbocycles. The Labute approximate surface area is 204 Å². The van der Waals surface area contributed by atoms with Crippen LogP contribution in [0.25, 0.3) is 0 Å². The summed E-state index contributed by atoms with van der Waals surface area (Å²) in [6, 6.07) is 4.66. The van der Waals surface area contributed by atoms with Crippen molar-refractivity contribution in [3.8, 4) is 0 Å². The Bertz CT molecular complexity index is 936. The third kappa shape index (κ3) is 6.78. The smallest absolute Gasteiger partial charge is 0.414 e. The van der Waals surface area contributed by atoms with Crippen LogP contribution < -0.4 is 15.1 Å². The second-order valence-corrected chi connectivity index (χ2v) is 9.30. The maximum atomic E-state index is 15.0. The van der Waals surface area contributed by atoms with Crippen LogP contribution in [0, 0.1) is 11.7 Å². The van der Waals surface area contributed by atoms with Crippen LogP contribution in [-0.4, -0.2) is 79.8 Å². The molecule has 2 amide bonds. The average Bonchev–Trinajstić information content (AvgIpc) is 3.16. The fourth-order valence-corrected chi connectivity index (χ4v) is 4.30. The monoisotopic (exact) mass is 494 g/mol. The summed E-state index contributed by atoms with van der Waals surface area (Å²) in [5, 5.41) is 3.13. The minimum atomic E-state index is -0.520. The molecule has 1 unspecified atom stereocenters. The number of rotatable bonds is 8. The third-order valence-electron chi connectivity index (χ3n) is 5.61. The van der Waals surface area contributed by atoms with Crippen LogP contribution >= 0.6 is 12.2 Å². The minimum Gasteiger partial charge on any atom is -0.456 e. The number of nitrogens with zero attached hydrogens (tertiary/aromatic N) is 3. The van der Waals surface area contributed by atoms with Gasteiger partial charge in [0.25, 0.3) is 5.91 Å². The van der Waals surface area contributed by atoms with E-state index in [1.807, 2.05) is 4.90 Å². The molecule has 1 aromatic carbocycles. The molecule has 0 bridgehead atoms. The lowest BCUT2D eigenvalue weighted by Crippen LogP contribution is -2.50. The molecule has 2 fully saturated rings. The number of hydrogen-bond donors (Lipinski definition) is 1. The minimum absolute atomic E-state index is 0.271. The molecule has 9 nitrogen and oxygen atoms in total. The van der Waals surface area contributed by atoms with Gasteiger partial charge in [0.05, 0.1) is 29.5 Å². The standard InChI is InChI=1S/C23H31FN4O5S/c1-15(2)10-21(34)25-12-18-13-28(23(31)33-18)17-4-5-20(19(24)11-17)26-6-8-27(9-7-26)22(30)14-32-16(3)29/h4-5,11,15,18H,6-10,12-14H2,1-3H3,(H,25,34). The number of esters is 1. The Morgan fingerprint density at radius 1 is 1.26 bits per heavy atom. The average molecular weight is 495 g/mol. The van der Waals surface area contributed by atoms with E-state index in [4.69, 9.17) is 21.7 Å². The van der Waals surface area contributed by atoms with Crippen molar-refractivity contribution in [3.05, 3.63) is 24.0 Å². The maximum absolute atomic E-state index is 15.0. The third-order valence-corrected chi connectivity index (χ3v) is 5.92. The van der Waals surface area contributed by atoms with E-state index in [1.54, 1.807) is 17.0 Å². The topological polar surface area (TPSA) is 91.4 Å². The number of amides is 2. The number of anilines is 2. The van der Waals surface area contributed by atoms with Crippen LogP contribution in [0.4, 0.5) is 20.6 Å². The summed E-state index contributed by atoms with van der Waals surface area (Å²) >= 11 is 5.29. The second-order valence-electron chi connectivity index (χ2n) is 8.80. The van der Waals surface area contributed by atoms with Crippen molar-refractivity contribution < 1.29 is 28.2 Å². The highest BCUT2D eigenvalue weighted by Crippen LogP contribution is 2.28. The molecule has 0 spiro atoms. The van der Waals surface area contributed by atoms with Crippen molar-refractivity contribution in [2.24, 2.45) is 5.92 Å². The molecule has 2 saturated heterocycles. The van der Waals surface area contributed by atoms with Gasteiger partial charge in [-0.1, -0.05) is 26.1 Å². The number of hydrogen-bond acceptors (Lipinski definition) is 7. The molecule has 1 atom stereocenters. The molecule has 1 aromatic rings. The molecule has 11 heteroatoms. The first-order valence-corrected chi connectivity index (χ1v) is 11.8. The van der Waals surface area contributed by atoms with E-state index in [0.29, 0.717) is 56.6 Å². The van der Waals surface area contributed by atoms with Crippen molar-refractivity contribution in [3.63, 3.8) is 0 Å². The van der Waals surface area contributed by atoms with E-state index in [-0.39, 0.29) is 18.6 Å². The van der Waals surface area contributed by atoms with Crippen LogP contribution in [0.1, 0.15) is 27.2 Å². The number of benzene rings is 1. The van der Waals surface area contributed by atoms with Gasteiger partial charge in [-0.15, -0.1) is 0 Å². The molecule has 0 aromatic heterocycles. The Kier molecular flexibility index (Phi) is 8.65. The molecule has 0 radical (unpaired) electrons. The number of cyclic esters (lactones) is 1. The Hall–Kier alpha value is -2.95. The van der Waals surface area contributed by atoms with Gasteiger partial charge in [-0.25, -0.2) is 9.18 Å². The first-order chi connectivity index (χ1) is 16.1. The lowest BCUT2D eigenvalue weighted by atomic mass is 10.1. The largest absolute Gasteiger partial charge is 0.456 e. The fraction of sp³-hybridized carbons (Fsp3) is 0.565. The van der Waals surface area contributed by atoms with Gasteiger partial charge in [0.15, 0.2) is 6.61 Å². The van der Waals surface area contributed by atoms with E-state index in [2.05, 4.69) is 19.2 Å². The predicted molar refractivity (Wildman–Crippen MR) is 129 cm³/mol. The van der Waals surface area contributed by atoms with Gasteiger partial charge in [-0.2, -0.15) is 0 Å². The van der Waals surface area contributed by atoms with E-state index in [0.717, 1.165) is 11.4 Å². The van der Waals surface area contributed by atoms with E-state index >= 15 is 0 Å². The van der Waals surface area contributed by atoms with Gasteiger partial charge in [-0.05, 0) is 24.1 Å². The highest BCUT2D eigenvalue weighted by atomic mass is 32.1. The van der Waals surface area contributed by atoms with E-state index in [1.165, 1.54) is 17.9 Å². The van der Waals surface area contributed by atoms with E-state index in [9.17, 15) is 18.8 Å². The number of nitrogens with one attached hydrogen (secondary N) is 1. The zero-order valence-corrected chi connectivity index (χ0v) is 20.5. The summed E-state index contributed by atoms with van der Waals surface area (Å²) in [5.41, 5.74) is 0.828. The highest BCUT2D eigenvalue weighted by molar-refractivity contribution is 7.80. The molecule has 2 aliphatic heterocycles. The molecule has 0 aliphatic carbocycles. The summed E-state index contributed by atoms with van der Waals surface area (Å²) in [4.78, 5) is 40.9. The number of carbonyl (C=O) groups excluding carboxylic acids is 3. The van der Waals surface area contributed by atoms with Crippen molar-refractivity contribution in [1.29, 1.82) is 0 Å². The zero-order valence-electron chi connectivity index (χ0n) is 19.7. The molecule has 2 aliphatic rings. The molecule has 3 rings (SSSR count).